The third kappa shape index (κ3) is 2.43. The van der Waals surface area contributed by atoms with Crippen LogP contribution in [-0.4, -0.2) is 15.5 Å². The molecule has 0 bridgehead atoms. The van der Waals surface area contributed by atoms with Gasteiger partial charge in [-0.25, -0.2) is 9.18 Å². The van der Waals surface area contributed by atoms with Crippen LogP contribution in [0.3, 0.4) is 0 Å². The monoisotopic (exact) mass is 285 g/mol. The van der Waals surface area contributed by atoms with Crippen molar-refractivity contribution in [3.05, 3.63) is 64.3 Å². The molecule has 5 nitrogen and oxygen atoms in total. The fraction of sp³-hybridized carbons (Fsp3) is 0.0667. The molecule has 0 unspecified atom stereocenters. The molecule has 1 heterocycles. The van der Waals surface area contributed by atoms with E-state index in [1.54, 1.807) is 25.2 Å². The summed E-state index contributed by atoms with van der Waals surface area (Å²) in [5.41, 5.74) is 1.90. The number of imidazole rings is 1. The molecule has 0 radical (unpaired) electrons. The predicted molar refractivity (Wildman–Crippen MR) is 77.9 cm³/mol. The minimum absolute atomic E-state index is 0.224. The van der Waals surface area contributed by atoms with Crippen molar-refractivity contribution in [2.24, 2.45) is 7.05 Å². The molecule has 106 valence electrons. The number of rotatable bonds is 2. The number of fused-ring (bicyclic) bond motifs is 1. The van der Waals surface area contributed by atoms with Gasteiger partial charge in [-0.3, -0.25) is 9.36 Å². The van der Waals surface area contributed by atoms with E-state index < -0.39 is 11.7 Å². The first-order valence-electron chi connectivity index (χ1n) is 6.30. The van der Waals surface area contributed by atoms with Crippen molar-refractivity contribution < 1.29 is 9.18 Å². The van der Waals surface area contributed by atoms with Crippen LogP contribution in [0.2, 0.25) is 0 Å². The SMILES string of the molecule is Cn1c(=O)[nH]c2cc(NC(=O)c3cccc(F)c3)ccc21. The molecule has 2 N–H and O–H groups in total. The largest absolute Gasteiger partial charge is 0.326 e. The van der Waals surface area contributed by atoms with Crippen LogP contribution >= 0.6 is 0 Å². The van der Waals surface area contributed by atoms with Crippen LogP contribution in [0.1, 0.15) is 10.4 Å². The van der Waals surface area contributed by atoms with Crippen molar-refractivity contribution in [1.29, 1.82) is 0 Å². The van der Waals surface area contributed by atoms with Gasteiger partial charge in [-0.05, 0) is 36.4 Å². The Morgan fingerprint density at radius 2 is 2.05 bits per heavy atom. The molecule has 3 rings (SSSR count). The fourth-order valence-electron chi connectivity index (χ4n) is 2.15. The van der Waals surface area contributed by atoms with Gasteiger partial charge in [0.1, 0.15) is 5.82 Å². The van der Waals surface area contributed by atoms with Crippen LogP contribution in [0.5, 0.6) is 0 Å². The van der Waals surface area contributed by atoms with Crippen molar-refractivity contribution >= 4 is 22.6 Å². The van der Waals surface area contributed by atoms with Gasteiger partial charge in [0.05, 0.1) is 11.0 Å². The highest BCUT2D eigenvalue weighted by atomic mass is 19.1. The zero-order valence-corrected chi connectivity index (χ0v) is 11.2. The van der Waals surface area contributed by atoms with Gasteiger partial charge >= 0.3 is 5.69 Å². The maximum atomic E-state index is 13.1. The quantitative estimate of drug-likeness (QED) is 0.758. The Morgan fingerprint density at radius 3 is 2.81 bits per heavy atom. The van der Waals surface area contributed by atoms with E-state index in [1.807, 2.05) is 0 Å². The Hall–Kier alpha value is -2.89. The molecule has 0 aliphatic carbocycles. The van der Waals surface area contributed by atoms with Crippen LogP contribution in [0.25, 0.3) is 11.0 Å². The van der Waals surface area contributed by atoms with E-state index in [4.69, 9.17) is 0 Å². The van der Waals surface area contributed by atoms with Crippen molar-refractivity contribution in [1.82, 2.24) is 9.55 Å². The number of aromatic amines is 1. The molecule has 0 aliphatic heterocycles. The zero-order valence-electron chi connectivity index (χ0n) is 11.2. The van der Waals surface area contributed by atoms with Crippen molar-refractivity contribution in [2.75, 3.05) is 5.32 Å². The fourth-order valence-corrected chi connectivity index (χ4v) is 2.15. The summed E-state index contributed by atoms with van der Waals surface area (Å²) in [6, 6.07) is 10.5. The molecule has 0 aliphatic rings. The first-order chi connectivity index (χ1) is 10.0. The minimum atomic E-state index is -0.467. The first kappa shape index (κ1) is 13.1. The van der Waals surface area contributed by atoms with Crippen LogP contribution in [-0.2, 0) is 7.05 Å². The molecule has 6 heteroatoms. The number of halogens is 1. The molecule has 3 aromatic rings. The molecule has 0 saturated heterocycles. The van der Waals surface area contributed by atoms with Gasteiger partial charge in [0.25, 0.3) is 5.91 Å². The summed E-state index contributed by atoms with van der Waals surface area (Å²) in [5, 5.41) is 2.67. The van der Waals surface area contributed by atoms with Crippen molar-refractivity contribution in [3.8, 4) is 0 Å². The van der Waals surface area contributed by atoms with Crippen LogP contribution in [0.4, 0.5) is 10.1 Å². The van der Waals surface area contributed by atoms with Crippen LogP contribution in [0, 0.1) is 5.82 Å². The highest BCUT2D eigenvalue weighted by Gasteiger charge is 2.09. The lowest BCUT2D eigenvalue weighted by Crippen LogP contribution is -2.12. The summed E-state index contributed by atoms with van der Waals surface area (Å²) in [7, 11) is 1.66. The maximum Gasteiger partial charge on any atom is 0.326 e. The van der Waals surface area contributed by atoms with E-state index in [1.165, 1.54) is 22.8 Å². The number of aromatic nitrogens is 2. The number of hydrogen-bond donors (Lipinski definition) is 2. The predicted octanol–water partition coefficient (Wildman–Crippen LogP) is 2.26. The zero-order chi connectivity index (χ0) is 15.0. The van der Waals surface area contributed by atoms with Gasteiger partial charge in [0.15, 0.2) is 0 Å². The van der Waals surface area contributed by atoms with Crippen molar-refractivity contribution in [2.45, 2.75) is 0 Å². The summed E-state index contributed by atoms with van der Waals surface area (Å²) >= 11 is 0. The van der Waals surface area contributed by atoms with E-state index in [9.17, 15) is 14.0 Å². The molecular formula is C15H12FN3O2. The van der Waals surface area contributed by atoms with Gasteiger partial charge in [-0.15, -0.1) is 0 Å². The number of amides is 1. The van der Waals surface area contributed by atoms with E-state index in [-0.39, 0.29) is 11.3 Å². The molecule has 0 atom stereocenters. The summed E-state index contributed by atoms with van der Waals surface area (Å²) in [5.74, 6) is -0.877. The average molecular weight is 285 g/mol. The number of aryl methyl sites for hydroxylation is 1. The molecule has 21 heavy (non-hydrogen) atoms. The second-order valence-corrected chi connectivity index (χ2v) is 4.69. The van der Waals surface area contributed by atoms with Crippen LogP contribution < -0.4 is 11.0 Å². The number of nitrogens with zero attached hydrogens (tertiary/aromatic N) is 1. The Kier molecular flexibility index (Phi) is 3.06. The molecule has 0 fully saturated rings. The van der Waals surface area contributed by atoms with Gasteiger partial charge in [-0.1, -0.05) is 6.07 Å². The Labute approximate surface area is 119 Å². The van der Waals surface area contributed by atoms with Crippen LogP contribution in [0.15, 0.2) is 47.3 Å². The lowest BCUT2D eigenvalue weighted by atomic mass is 10.2. The average Bonchev–Trinajstić information content (AvgIpc) is 2.73. The Balaban J connectivity index is 1.91. The summed E-state index contributed by atoms with van der Waals surface area (Å²) < 4.78 is 14.6. The summed E-state index contributed by atoms with van der Waals surface area (Å²) in [4.78, 5) is 26.2. The molecule has 1 amide bonds. The van der Waals surface area contributed by atoms with E-state index >= 15 is 0 Å². The molecular weight excluding hydrogens is 273 g/mol. The number of carbonyl (C=O) groups excluding carboxylic acids is 1. The molecule has 0 saturated carbocycles. The van der Waals surface area contributed by atoms with Gasteiger partial charge < -0.3 is 10.3 Å². The third-order valence-electron chi connectivity index (χ3n) is 3.25. The number of nitrogens with one attached hydrogen (secondary N) is 2. The summed E-state index contributed by atoms with van der Waals surface area (Å²) in [6.07, 6.45) is 0. The lowest BCUT2D eigenvalue weighted by Gasteiger charge is -2.05. The molecule has 0 spiro atoms. The van der Waals surface area contributed by atoms with Gasteiger partial charge in [-0.2, -0.15) is 0 Å². The Bertz CT molecular complexity index is 895. The minimum Gasteiger partial charge on any atom is -0.322 e. The normalized spacial score (nSPS) is 10.8. The number of H-pyrrole nitrogens is 1. The standard InChI is InChI=1S/C15H12FN3O2/c1-19-13-6-5-11(8-12(13)18-15(19)21)17-14(20)9-3-2-4-10(16)7-9/h2-8H,1H3,(H,17,20)(H,18,21). The third-order valence-corrected chi connectivity index (χ3v) is 3.25. The topological polar surface area (TPSA) is 66.9 Å². The van der Waals surface area contributed by atoms with E-state index in [0.717, 1.165) is 11.6 Å². The number of anilines is 1. The van der Waals surface area contributed by atoms with Crippen molar-refractivity contribution in [3.63, 3.8) is 0 Å². The Morgan fingerprint density at radius 1 is 1.24 bits per heavy atom. The number of hydrogen-bond acceptors (Lipinski definition) is 2. The number of benzene rings is 2. The van der Waals surface area contributed by atoms with E-state index in [2.05, 4.69) is 10.3 Å². The highest BCUT2D eigenvalue weighted by molar-refractivity contribution is 6.04. The molecule has 2 aromatic carbocycles. The lowest BCUT2D eigenvalue weighted by molar-refractivity contribution is 0.102. The van der Waals surface area contributed by atoms with E-state index in [0.29, 0.717) is 11.2 Å². The maximum absolute atomic E-state index is 13.1. The number of carbonyl (C=O) groups is 1. The van der Waals surface area contributed by atoms with Gasteiger partial charge in [0, 0.05) is 18.3 Å². The van der Waals surface area contributed by atoms with Gasteiger partial charge in [0.2, 0.25) is 0 Å². The smallest absolute Gasteiger partial charge is 0.322 e. The second kappa shape index (κ2) is 4.90. The summed E-state index contributed by atoms with van der Waals surface area (Å²) in [6.45, 7) is 0. The molecule has 1 aromatic heterocycles. The first-order valence-corrected chi connectivity index (χ1v) is 6.30. The highest BCUT2D eigenvalue weighted by Crippen LogP contribution is 2.17. The second-order valence-electron chi connectivity index (χ2n) is 4.69.